The SMILES string of the molecule is O=C1c2c(F)cc(F)cc2C(O)C1C(O)C(F)(F)F. The molecule has 2 N–H and O–H groups in total. The van der Waals surface area contributed by atoms with Crippen LogP contribution in [0.5, 0.6) is 0 Å². The molecule has 0 bridgehead atoms. The minimum Gasteiger partial charge on any atom is -0.388 e. The molecule has 0 radical (unpaired) electrons. The Bertz CT molecular complexity index is 540. The van der Waals surface area contributed by atoms with Crippen LogP contribution in [0.15, 0.2) is 12.1 Å². The number of carbonyl (C=O) groups is 1. The second-order valence-corrected chi connectivity index (χ2v) is 4.17. The van der Waals surface area contributed by atoms with E-state index >= 15 is 0 Å². The summed E-state index contributed by atoms with van der Waals surface area (Å²) in [4.78, 5) is 11.6. The van der Waals surface area contributed by atoms with Crippen LogP contribution in [-0.2, 0) is 0 Å². The highest BCUT2D eigenvalue weighted by molar-refractivity contribution is 6.03. The first-order valence-electron chi connectivity index (χ1n) is 5.10. The van der Waals surface area contributed by atoms with Crippen LogP contribution in [0.3, 0.4) is 0 Å². The van der Waals surface area contributed by atoms with Gasteiger partial charge in [0.25, 0.3) is 0 Å². The van der Waals surface area contributed by atoms with E-state index in [0.717, 1.165) is 0 Å². The molecule has 1 aromatic rings. The Labute approximate surface area is 103 Å². The van der Waals surface area contributed by atoms with Crippen molar-refractivity contribution in [2.24, 2.45) is 5.92 Å². The van der Waals surface area contributed by atoms with Crippen LogP contribution in [0, 0.1) is 17.6 Å². The number of ketones is 1. The minimum atomic E-state index is -5.15. The van der Waals surface area contributed by atoms with Gasteiger partial charge in [-0.2, -0.15) is 13.2 Å². The molecule has 104 valence electrons. The molecule has 0 aliphatic heterocycles. The number of halogens is 5. The van der Waals surface area contributed by atoms with Crippen molar-refractivity contribution in [3.8, 4) is 0 Å². The largest absolute Gasteiger partial charge is 0.415 e. The summed E-state index contributed by atoms with van der Waals surface area (Å²) in [6.07, 6.45) is -10.4. The molecule has 19 heavy (non-hydrogen) atoms. The number of carbonyl (C=O) groups excluding carboxylic acids is 1. The van der Waals surface area contributed by atoms with Crippen molar-refractivity contribution in [3.63, 3.8) is 0 Å². The molecule has 1 aromatic carbocycles. The smallest absolute Gasteiger partial charge is 0.388 e. The Morgan fingerprint density at radius 2 is 1.79 bits per heavy atom. The molecule has 2 rings (SSSR count). The summed E-state index contributed by atoms with van der Waals surface area (Å²) in [6.45, 7) is 0. The molecule has 3 nitrogen and oxygen atoms in total. The predicted octanol–water partition coefficient (Wildman–Crippen LogP) is 1.73. The van der Waals surface area contributed by atoms with E-state index in [9.17, 15) is 31.9 Å². The third kappa shape index (κ3) is 2.10. The Kier molecular flexibility index (Phi) is 3.10. The maximum atomic E-state index is 13.4. The molecule has 0 spiro atoms. The van der Waals surface area contributed by atoms with Crippen molar-refractivity contribution in [2.45, 2.75) is 18.4 Å². The zero-order valence-electron chi connectivity index (χ0n) is 9.08. The third-order valence-electron chi connectivity index (χ3n) is 2.97. The predicted molar refractivity (Wildman–Crippen MR) is 51.2 cm³/mol. The summed E-state index contributed by atoms with van der Waals surface area (Å²) in [5, 5.41) is 18.6. The molecule has 0 heterocycles. The van der Waals surface area contributed by atoms with Crippen LogP contribution in [0.2, 0.25) is 0 Å². The fourth-order valence-electron chi connectivity index (χ4n) is 2.11. The van der Waals surface area contributed by atoms with Crippen LogP contribution < -0.4 is 0 Å². The van der Waals surface area contributed by atoms with Crippen LogP contribution >= 0.6 is 0 Å². The van der Waals surface area contributed by atoms with Gasteiger partial charge in [-0.15, -0.1) is 0 Å². The van der Waals surface area contributed by atoms with Crippen LogP contribution in [0.1, 0.15) is 22.0 Å². The van der Waals surface area contributed by atoms with Gasteiger partial charge in [0.2, 0.25) is 0 Å². The Hall–Kier alpha value is -1.54. The topological polar surface area (TPSA) is 57.5 Å². The van der Waals surface area contributed by atoms with Gasteiger partial charge in [0.05, 0.1) is 17.6 Å². The minimum absolute atomic E-state index is 0.325. The number of aliphatic hydroxyl groups excluding tert-OH is 2. The third-order valence-corrected chi connectivity index (χ3v) is 2.97. The average Bonchev–Trinajstić information content (AvgIpc) is 2.49. The van der Waals surface area contributed by atoms with E-state index in [0.29, 0.717) is 12.1 Å². The maximum Gasteiger partial charge on any atom is 0.415 e. The fraction of sp³-hybridized carbons (Fsp3) is 0.364. The molecule has 0 saturated carbocycles. The quantitative estimate of drug-likeness (QED) is 0.771. The number of benzene rings is 1. The summed E-state index contributed by atoms with van der Waals surface area (Å²) >= 11 is 0. The summed E-state index contributed by atoms with van der Waals surface area (Å²) in [5.41, 5.74) is -1.40. The van der Waals surface area contributed by atoms with Crippen molar-refractivity contribution in [1.29, 1.82) is 0 Å². The Morgan fingerprint density at radius 3 is 2.32 bits per heavy atom. The van der Waals surface area contributed by atoms with Crippen LogP contribution in [0.4, 0.5) is 22.0 Å². The van der Waals surface area contributed by atoms with Crippen molar-refractivity contribution in [3.05, 3.63) is 34.9 Å². The molecular weight excluding hydrogens is 275 g/mol. The second kappa shape index (κ2) is 4.24. The van der Waals surface area contributed by atoms with Gasteiger partial charge in [-0.25, -0.2) is 8.78 Å². The lowest BCUT2D eigenvalue weighted by Crippen LogP contribution is -2.40. The number of hydrogen-bond donors (Lipinski definition) is 2. The summed E-state index contributed by atoms with van der Waals surface area (Å²) in [7, 11) is 0. The van der Waals surface area contributed by atoms with Gasteiger partial charge in [-0.3, -0.25) is 4.79 Å². The van der Waals surface area contributed by atoms with Crippen molar-refractivity contribution in [1.82, 2.24) is 0 Å². The maximum absolute atomic E-state index is 13.4. The lowest BCUT2D eigenvalue weighted by Gasteiger charge is -2.22. The van der Waals surface area contributed by atoms with Gasteiger partial charge in [-0.1, -0.05) is 0 Å². The molecule has 3 atom stereocenters. The van der Waals surface area contributed by atoms with Crippen LogP contribution in [0.25, 0.3) is 0 Å². The van der Waals surface area contributed by atoms with E-state index in [1.165, 1.54) is 0 Å². The molecule has 0 saturated heterocycles. The van der Waals surface area contributed by atoms with E-state index in [-0.39, 0.29) is 0 Å². The highest BCUT2D eigenvalue weighted by Gasteiger charge is 2.54. The number of alkyl halides is 3. The molecule has 1 aliphatic carbocycles. The first kappa shape index (κ1) is 13.9. The van der Waals surface area contributed by atoms with Gasteiger partial charge >= 0.3 is 6.18 Å². The van der Waals surface area contributed by atoms with E-state index in [1.54, 1.807) is 0 Å². The number of Topliss-reactive ketones (excluding diaryl/α,β-unsaturated/α-hetero) is 1. The average molecular weight is 282 g/mol. The number of fused-ring (bicyclic) bond motifs is 1. The van der Waals surface area contributed by atoms with Gasteiger partial charge in [-0.05, 0) is 11.6 Å². The highest BCUT2D eigenvalue weighted by atomic mass is 19.4. The molecule has 8 heteroatoms. The van der Waals surface area contributed by atoms with E-state index in [4.69, 9.17) is 5.11 Å². The lowest BCUT2D eigenvalue weighted by molar-refractivity contribution is -0.221. The Balaban J connectivity index is 2.51. The Morgan fingerprint density at radius 1 is 1.21 bits per heavy atom. The molecular formula is C11H7F5O3. The normalized spacial score (nSPS) is 24.5. The zero-order valence-corrected chi connectivity index (χ0v) is 9.08. The second-order valence-electron chi connectivity index (χ2n) is 4.17. The molecule has 1 aliphatic rings. The van der Waals surface area contributed by atoms with Crippen molar-refractivity contribution < 1.29 is 37.0 Å². The number of rotatable bonds is 1. The van der Waals surface area contributed by atoms with Gasteiger partial charge in [0.15, 0.2) is 11.9 Å². The molecule has 0 aromatic heterocycles. The molecule has 0 fully saturated rings. The zero-order chi connectivity index (χ0) is 14.5. The van der Waals surface area contributed by atoms with Gasteiger partial charge in [0, 0.05) is 6.07 Å². The fourth-order valence-corrected chi connectivity index (χ4v) is 2.11. The lowest BCUT2D eigenvalue weighted by atomic mass is 9.95. The standard InChI is InChI=1S/C11H7F5O3/c12-3-1-4-6(5(13)2-3)9(18)7(8(4)17)10(19)11(14,15)16/h1-2,7-8,10,17,19H. The summed E-state index contributed by atoms with van der Waals surface area (Å²) in [6, 6.07) is 0.899. The van der Waals surface area contributed by atoms with Crippen molar-refractivity contribution in [2.75, 3.05) is 0 Å². The van der Waals surface area contributed by atoms with E-state index in [2.05, 4.69) is 0 Å². The highest BCUT2D eigenvalue weighted by Crippen LogP contribution is 2.43. The van der Waals surface area contributed by atoms with E-state index in [1.807, 2.05) is 0 Å². The van der Waals surface area contributed by atoms with Gasteiger partial charge in [0.1, 0.15) is 11.6 Å². The monoisotopic (exact) mass is 282 g/mol. The summed E-state index contributed by atoms with van der Waals surface area (Å²) < 4.78 is 63.4. The van der Waals surface area contributed by atoms with Gasteiger partial charge < -0.3 is 10.2 Å². The number of hydrogen-bond acceptors (Lipinski definition) is 3. The van der Waals surface area contributed by atoms with E-state index < -0.39 is 52.8 Å². The molecule has 3 unspecified atom stereocenters. The first-order valence-corrected chi connectivity index (χ1v) is 5.10. The summed E-state index contributed by atoms with van der Waals surface area (Å²) in [5.74, 6) is -6.18. The molecule has 0 amide bonds. The van der Waals surface area contributed by atoms with Crippen LogP contribution in [-0.4, -0.2) is 28.3 Å². The van der Waals surface area contributed by atoms with Crippen molar-refractivity contribution >= 4 is 5.78 Å². The number of aliphatic hydroxyl groups is 2. The first-order chi connectivity index (χ1) is 8.64.